The zero-order chi connectivity index (χ0) is 19.3. The molecular weight excluding hydrogens is 389 g/mol. The predicted molar refractivity (Wildman–Crippen MR) is 113 cm³/mol. The first-order valence-corrected chi connectivity index (χ1v) is 10.3. The Bertz CT molecular complexity index is 1060. The van der Waals surface area contributed by atoms with Crippen molar-refractivity contribution in [1.82, 2.24) is 5.32 Å². The number of carbonyl (C=O) groups is 1. The van der Waals surface area contributed by atoms with E-state index in [4.69, 9.17) is 23.2 Å². The third kappa shape index (κ3) is 2.79. The van der Waals surface area contributed by atoms with E-state index in [0.29, 0.717) is 10.0 Å². The van der Waals surface area contributed by atoms with Crippen molar-refractivity contribution < 1.29 is 4.79 Å². The molecule has 3 aromatic rings. The molecule has 0 saturated carbocycles. The predicted octanol–water partition coefficient (Wildman–Crippen LogP) is 5.90. The summed E-state index contributed by atoms with van der Waals surface area (Å²) in [4.78, 5) is 13.6. The Morgan fingerprint density at radius 1 is 0.714 bits per heavy atom. The van der Waals surface area contributed by atoms with Crippen molar-refractivity contribution in [2.45, 2.75) is 24.4 Å². The van der Waals surface area contributed by atoms with Gasteiger partial charge in [-0.2, -0.15) is 0 Å². The smallest absolute Gasteiger partial charge is 0.147 e. The molecule has 1 heterocycles. The van der Waals surface area contributed by atoms with Crippen LogP contribution in [-0.2, 0) is 11.2 Å². The Hall–Kier alpha value is -2.13. The summed E-state index contributed by atoms with van der Waals surface area (Å²) >= 11 is 13.1. The first-order valence-electron chi connectivity index (χ1n) is 9.51. The molecule has 2 nitrogen and oxygen atoms in total. The van der Waals surface area contributed by atoms with Crippen LogP contribution in [0, 0.1) is 5.92 Å². The second kappa shape index (κ2) is 7.04. The molecule has 1 aliphatic carbocycles. The minimum absolute atomic E-state index is 0.140. The van der Waals surface area contributed by atoms with Crippen LogP contribution in [0.15, 0.2) is 72.8 Å². The summed E-state index contributed by atoms with van der Waals surface area (Å²) in [6.07, 6.45) is 0.726. The fraction of sp³-hybridized carbons (Fsp3) is 0.208. The third-order valence-corrected chi connectivity index (χ3v) is 6.77. The van der Waals surface area contributed by atoms with Gasteiger partial charge in [0.15, 0.2) is 0 Å². The van der Waals surface area contributed by atoms with Crippen molar-refractivity contribution >= 4 is 29.0 Å². The van der Waals surface area contributed by atoms with Crippen LogP contribution in [0.2, 0.25) is 10.0 Å². The molecule has 28 heavy (non-hydrogen) atoms. The monoisotopic (exact) mass is 407 g/mol. The molecule has 2 unspecified atom stereocenters. The summed E-state index contributed by atoms with van der Waals surface area (Å²) in [5.41, 5.74) is 4.28. The standard InChI is InChI=1S/C24H19Cl2NO/c25-19-11-5-3-9-16(19)22-18-13-14-7-1-2-8-15(14)21(24(18)28)23(27-22)17-10-4-6-12-20(17)26/h1-12,18,21-23,27H,13H2/t18-,21+,22?,23?/m1/s1. The van der Waals surface area contributed by atoms with Crippen molar-refractivity contribution in [3.8, 4) is 0 Å². The summed E-state index contributed by atoms with van der Waals surface area (Å²) in [5.74, 6) is -0.112. The van der Waals surface area contributed by atoms with E-state index in [-0.39, 0.29) is 29.7 Å². The largest absolute Gasteiger partial charge is 0.301 e. The van der Waals surface area contributed by atoms with Gasteiger partial charge in [-0.05, 0) is 40.8 Å². The third-order valence-electron chi connectivity index (χ3n) is 6.08. The molecule has 1 N–H and O–H groups in total. The van der Waals surface area contributed by atoms with Crippen LogP contribution in [-0.4, -0.2) is 5.78 Å². The topological polar surface area (TPSA) is 29.1 Å². The molecule has 140 valence electrons. The van der Waals surface area contributed by atoms with E-state index in [1.807, 2.05) is 60.7 Å². The Labute approximate surface area is 174 Å². The van der Waals surface area contributed by atoms with E-state index in [2.05, 4.69) is 17.4 Å². The van der Waals surface area contributed by atoms with Crippen LogP contribution >= 0.6 is 23.2 Å². The Balaban J connectivity index is 1.70. The molecule has 0 aromatic heterocycles. The average molecular weight is 408 g/mol. The number of Topliss-reactive ketones (excluding diaryl/α,β-unsaturated/α-hetero) is 1. The number of carbonyl (C=O) groups excluding carboxylic acids is 1. The van der Waals surface area contributed by atoms with E-state index in [1.165, 1.54) is 5.56 Å². The zero-order valence-corrected chi connectivity index (χ0v) is 16.6. The first kappa shape index (κ1) is 17.9. The fourth-order valence-corrected chi connectivity index (χ4v) is 5.31. The summed E-state index contributed by atoms with van der Waals surface area (Å²) in [5, 5.41) is 5.11. The Morgan fingerprint density at radius 2 is 1.25 bits per heavy atom. The number of halogens is 2. The maximum atomic E-state index is 13.6. The maximum absolute atomic E-state index is 13.6. The number of fused-ring (bicyclic) bond motifs is 4. The van der Waals surface area contributed by atoms with E-state index in [1.54, 1.807) is 0 Å². The van der Waals surface area contributed by atoms with Gasteiger partial charge >= 0.3 is 0 Å². The average Bonchev–Trinajstić information content (AvgIpc) is 2.70. The van der Waals surface area contributed by atoms with Gasteiger partial charge in [-0.3, -0.25) is 4.79 Å². The molecule has 3 aromatic carbocycles. The lowest BCUT2D eigenvalue weighted by atomic mass is 9.65. The van der Waals surface area contributed by atoms with Gasteiger partial charge in [-0.25, -0.2) is 0 Å². The Morgan fingerprint density at radius 3 is 1.89 bits per heavy atom. The van der Waals surface area contributed by atoms with Gasteiger partial charge < -0.3 is 5.32 Å². The SMILES string of the molecule is O=C1[C@@H]2Cc3ccccc3[C@H]1C(c1ccccc1Cl)NC2c1ccccc1Cl. The van der Waals surface area contributed by atoms with E-state index < -0.39 is 0 Å². The number of nitrogens with one attached hydrogen (secondary N) is 1. The van der Waals surface area contributed by atoms with Gasteiger partial charge in [0.25, 0.3) is 0 Å². The van der Waals surface area contributed by atoms with Gasteiger partial charge in [0, 0.05) is 28.0 Å². The van der Waals surface area contributed by atoms with Crippen LogP contribution in [0.4, 0.5) is 0 Å². The number of rotatable bonds is 2. The quantitative estimate of drug-likeness (QED) is 0.572. The second-order valence-electron chi connectivity index (χ2n) is 7.55. The second-order valence-corrected chi connectivity index (χ2v) is 8.37. The van der Waals surface area contributed by atoms with E-state index >= 15 is 0 Å². The van der Waals surface area contributed by atoms with E-state index in [9.17, 15) is 4.79 Å². The van der Waals surface area contributed by atoms with Gasteiger partial charge in [-0.15, -0.1) is 0 Å². The van der Waals surface area contributed by atoms with E-state index in [0.717, 1.165) is 23.1 Å². The summed E-state index contributed by atoms with van der Waals surface area (Å²) in [6, 6.07) is 23.5. The molecule has 0 spiro atoms. The highest BCUT2D eigenvalue weighted by Gasteiger charge is 2.49. The van der Waals surface area contributed by atoms with Gasteiger partial charge in [0.2, 0.25) is 0 Å². The molecular formula is C24H19Cl2NO. The summed E-state index contributed by atoms with van der Waals surface area (Å²) in [7, 11) is 0. The highest BCUT2D eigenvalue weighted by atomic mass is 35.5. The van der Waals surface area contributed by atoms with Crippen LogP contribution < -0.4 is 5.32 Å². The minimum Gasteiger partial charge on any atom is -0.301 e. The molecule has 2 bridgehead atoms. The highest BCUT2D eigenvalue weighted by molar-refractivity contribution is 6.31. The van der Waals surface area contributed by atoms with Crippen molar-refractivity contribution in [3.63, 3.8) is 0 Å². The summed E-state index contributed by atoms with van der Waals surface area (Å²) in [6.45, 7) is 0. The fourth-order valence-electron chi connectivity index (χ4n) is 4.81. The van der Waals surface area contributed by atoms with Crippen LogP contribution in [0.5, 0.6) is 0 Å². The van der Waals surface area contributed by atoms with Gasteiger partial charge in [0.05, 0.1) is 5.92 Å². The van der Waals surface area contributed by atoms with Crippen molar-refractivity contribution in [3.05, 3.63) is 105 Å². The van der Waals surface area contributed by atoms with Crippen LogP contribution in [0.1, 0.15) is 40.3 Å². The van der Waals surface area contributed by atoms with Crippen molar-refractivity contribution in [2.24, 2.45) is 5.92 Å². The lowest BCUT2D eigenvalue weighted by Crippen LogP contribution is -2.50. The molecule has 2 aliphatic rings. The molecule has 4 heteroatoms. The van der Waals surface area contributed by atoms with Crippen LogP contribution in [0.25, 0.3) is 0 Å². The van der Waals surface area contributed by atoms with Gasteiger partial charge in [0.1, 0.15) is 5.78 Å². The normalized spacial score (nSPS) is 26.0. The maximum Gasteiger partial charge on any atom is 0.147 e. The zero-order valence-electron chi connectivity index (χ0n) is 15.1. The molecule has 1 fully saturated rings. The number of piperidine rings is 1. The van der Waals surface area contributed by atoms with Gasteiger partial charge in [-0.1, -0.05) is 83.9 Å². The molecule has 0 radical (unpaired) electrons. The summed E-state index contributed by atoms with van der Waals surface area (Å²) < 4.78 is 0. The number of ketones is 1. The number of hydrogen-bond donors (Lipinski definition) is 1. The number of hydrogen-bond acceptors (Lipinski definition) is 2. The molecule has 1 aliphatic heterocycles. The number of benzene rings is 3. The molecule has 5 rings (SSSR count). The van der Waals surface area contributed by atoms with Crippen molar-refractivity contribution in [1.29, 1.82) is 0 Å². The highest BCUT2D eigenvalue weighted by Crippen LogP contribution is 2.50. The molecule has 0 amide bonds. The lowest BCUT2D eigenvalue weighted by molar-refractivity contribution is -0.129. The molecule has 4 atom stereocenters. The Kier molecular flexibility index (Phi) is 4.51. The van der Waals surface area contributed by atoms with Crippen LogP contribution in [0.3, 0.4) is 0 Å². The molecule has 1 saturated heterocycles. The first-order chi connectivity index (χ1) is 13.6. The van der Waals surface area contributed by atoms with Crippen molar-refractivity contribution in [2.75, 3.05) is 0 Å². The lowest BCUT2D eigenvalue weighted by Gasteiger charge is -2.46. The minimum atomic E-state index is -0.242.